The molecule has 2 rings (SSSR count). The van der Waals surface area contributed by atoms with Crippen LogP contribution in [0.25, 0.3) is 10.1 Å². The van der Waals surface area contributed by atoms with Gasteiger partial charge < -0.3 is 4.74 Å². The molecule has 2 aromatic rings. The lowest BCUT2D eigenvalue weighted by molar-refractivity contribution is 0.338. The van der Waals surface area contributed by atoms with Gasteiger partial charge in [-0.05, 0) is 60.0 Å². The van der Waals surface area contributed by atoms with Gasteiger partial charge in [-0.2, -0.15) is 0 Å². The van der Waals surface area contributed by atoms with E-state index in [2.05, 4.69) is 47.7 Å². The summed E-state index contributed by atoms with van der Waals surface area (Å²) in [4.78, 5) is 0. The number of hydrogen-bond donors (Lipinski definition) is 0. The summed E-state index contributed by atoms with van der Waals surface area (Å²) in [6, 6.07) is 6.40. The summed E-state index contributed by atoms with van der Waals surface area (Å²) < 4.78 is 8.23. The van der Waals surface area contributed by atoms with Crippen LogP contribution in [0.15, 0.2) is 18.2 Å². The number of benzene rings is 1. The maximum Gasteiger partial charge on any atom is 0.123 e. The first-order chi connectivity index (χ1) is 6.72. The monoisotopic (exact) mass is 318 g/mol. The van der Waals surface area contributed by atoms with Crippen LogP contribution in [0.2, 0.25) is 0 Å². The molecular weight excluding hydrogens is 307 g/mol. The largest absolute Gasteiger partial charge is 0.494 e. The van der Waals surface area contributed by atoms with Crippen molar-refractivity contribution in [1.29, 1.82) is 0 Å². The molecule has 0 unspecified atom stereocenters. The molecular formula is C11H11IOS. The van der Waals surface area contributed by atoms with Crippen molar-refractivity contribution >= 4 is 44.0 Å². The zero-order valence-corrected chi connectivity index (χ0v) is 11.1. The first-order valence-electron chi connectivity index (χ1n) is 4.54. The second-order valence-electron chi connectivity index (χ2n) is 3.09. The maximum absolute atomic E-state index is 5.56. The zero-order valence-electron chi connectivity index (χ0n) is 8.13. The van der Waals surface area contributed by atoms with Gasteiger partial charge in [0.05, 0.1) is 9.49 Å². The highest BCUT2D eigenvalue weighted by Gasteiger charge is 2.06. The van der Waals surface area contributed by atoms with Crippen LogP contribution >= 0.6 is 33.9 Å². The van der Waals surface area contributed by atoms with Crippen LogP contribution in [0.3, 0.4) is 0 Å². The Morgan fingerprint density at radius 2 is 2.21 bits per heavy atom. The smallest absolute Gasteiger partial charge is 0.123 e. The number of hydrogen-bond acceptors (Lipinski definition) is 2. The van der Waals surface area contributed by atoms with Crippen LogP contribution < -0.4 is 4.74 Å². The molecule has 74 valence electrons. The Labute approximate surface area is 101 Å². The predicted octanol–water partition coefficient (Wildman–Crippen LogP) is 4.21. The van der Waals surface area contributed by atoms with Crippen molar-refractivity contribution in [3.63, 3.8) is 0 Å². The molecule has 0 amide bonds. The Morgan fingerprint density at radius 3 is 2.93 bits per heavy atom. The SMILES string of the molecule is CCOc1ccc2cc(I)sc2c1C. The highest BCUT2D eigenvalue weighted by atomic mass is 127. The molecule has 0 N–H and O–H groups in total. The minimum absolute atomic E-state index is 0.731. The summed E-state index contributed by atoms with van der Waals surface area (Å²) in [6.45, 7) is 4.87. The molecule has 0 radical (unpaired) electrons. The van der Waals surface area contributed by atoms with Gasteiger partial charge in [0.25, 0.3) is 0 Å². The molecule has 1 heterocycles. The molecule has 1 nitrogen and oxygen atoms in total. The van der Waals surface area contributed by atoms with Gasteiger partial charge in [-0.15, -0.1) is 11.3 Å². The Hall–Kier alpha value is -0.290. The lowest BCUT2D eigenvalue weighted by atomic mass is 10.2. The van der Waals surface area contributed by atoms with E-state index < -0.39 is 0 Å². The van der Waals surface area contributed by atoms with E-state index >= 15 is 0 Å². The number of rotatable bonds is 2. The van der Waals surface area contributed by atoms with Gasteiger partial charge >= 0.3 is 0 Å². The van der Waals surface area contributed by atoms with E-state index in [4.69, 9.17) is 4.74 Å². The van der Waals surface area contributed by atoms with Crippen molar-refractivity contribution in [1.82, 2.24) is 0 Å². The van der Waals surface area contributed by atoms with Crippen LogP contribution in [0.4, 0.5) is 0 Å². The Morgan fingerprint density at radius 1 is 1.43 bits per heavy atom. The highest BCUT2D eigenvalue weighted by Crippen LogP contribution is 2.34. The van der Waals surface area contributed by atoms with E-state index in [-0.39, 0.29) is 0 Å². The summed E-state index contributed by atoms with van der Waals surface area (Å²) >= 11 is 4.19. The maximum atomic E-state index is 5.56. The van der Waals surface area contributed by atoms with Crippen molar-refractivity contribution in [3.8, 4) is 5.75 Å². The first kappa shape index (κ1) is 10.2. The molecule has 3 heteroatoms. The molecule has 0 aliphatic carbocycles. The van der Waals surface area contributed by atoms with E-state index in [1.54, 1.807) is 0 Å². The normalized spacial score (nSPS) is 10.8. The fraction of sp³-hybridized carbons (Fsp3) is 0.273. The highest BCUT2D eigenvalue weighted by molar-refractivity contribution is 14.1. The summed E-state index contributed by atoms with van der Waals surface area (Å²) in [6.07, 6.45) is 0. The lowest BCUT2D eigenvalue weighted by Crippen LogP contribution is -1.93. The van der Waals surface area contributed by atoms with Gasteiger partial charge in [0.2, 0.25) is 0 Å². The third kappa shape index (κ3) is 1.75. The van der Waals surface area contributed by atoms with E-state index in [1.165, 1.54) is 18.5 Å². The fourth-order valence-corrected chi connectivity index (χ4v) is 3.38. The number of ether oxygens (including phenoxy) is 1. The van der Waals surface area contributed by atoms with Crippen LogP contribution in [0, 0.1) is 9.81 Å². The van der Waals surface area contributed by atoms with E-state index in [0.717, 1.165) is 12.4 Å². The number of aryl methyl sites for hydroxylation is 1. The van der Waals surface area contributed by atoms with E-state index in [9.17, 15) is 0 Å². The average Bonchev–Trinajstić information content (AvgIpc) is 2.52. The summed E-state index contributed by atoms with van der Waals surface area (Å²) in [7, 11) is 0. The quantitative estimate of drug-likeness (QED) is 0.754. The Kier molecular flexibility index (Phi) is 2.97. The van der Waals surface area contributed by atoms with Crippen molar-refractivity contribution in [2.24, 2.45) is 0 Å². The van der Waals surface area contributed by atoms with Crippen LogP contribution in [0.1, 0.15) is 12.5 Å². The van der Waals surface area contributed by atoms with Crippen LogP contribution in [-0.2, 0) is 0 Å². The molecule has 0 aliphatic heterocycles. The molecule has 14 heavy (non-hydrogen) atoms. The summed E-state index contributed by atoms with van der Waals surface area (Å²) in [5.41, 5.74) is 1.26. The van der Waals surface area contributed by atoms with Crippen molar-refractivity contribution < 1.29 is 4.74 Å². The molecule has 0 aliphatic rings. The molecule has 0 saturated heterocycles. The Bertz CT molecular complexity index is 462. The summed E-state index contributed by atoms with van der Waals surface area (Å²) in [5, 5.41) is 1.32. The Balaban J connectivity index is 2.61. The standard InChI is InChI=1S/C11H11IOS/c1-3-13-9-5-4-8-6-10(12)14-11(8)7(9)2/h4-6H,3H2,1-2H3. The molecule has 0 fully saturated rings. The van der Waals surface area contributed by atoms with Gasteiger partial charge in [0.1, 0.15) is 5.75 Å². The number of thiophene rings is 1. The second-order valence-corrected chi connectivity index (χ2v) is 6.04. The lowest BCUT2D eigenvalue weighted by Gasteiger charge is -2.06. The van der Waals surface area contributed by atoms with Gasteiger partial charge in [0.15, 0.2) is 0 Å². The van der Waals surface area contributed by atoms with Crippen LogP contribution in [0.5, 0.6) is 5.75 Å². The van der Waals surface area contributed by atoms with Crippen molar-refractivity contribution in [2.75, 3.05) is 6.61 Å². The second kappa shape index (κ2) is 4.06. The minimum Gasteiger partial charge on any atom is -0.494 e. The minimum atomic E-state index is 0.731. The van der Waals surface area contributed by atoms with Crippen molar-refractivity contribution in [3.05, 3.63) is 26.6 Å². The molecule has 0 bridgehead atoms. The molecule has 0 saturated carbocycles. The van der Waals surface area contributed by atoms with Crippen LogP contribution in [-0.4, -0.2) is 6.61 Å². The zero-order chi connectivity index (χ0) is 10.1. The fourth-order valence-electron chi connectivity index (χ4n) is 1.50. The topological polar surface area (TPSA) is 9.23 Å². The van der Waals surface area contributed by atoms with Gasteiger partial charge in [-0.25, -0.2) is 0 Å². The van der Waals surface area contributed by atoms with E-state index in [1.807, 2.05) is 18.3 Å². The van der Waals surface area contributed by atoms with Gasteiger partial charge in [0, 0.05) is 10.3 Å². The van der Waals surface area contributed by atoms with E-state index in [0.29, 0.717) is 0 Å². The molecule has 1 aromatic heterocycles. The average molecular weight is 318 g/mol. The molecule has 0 spiro atoms. The van der Waals surface area contributed by atoms with Crippen molar-refractivity contribution in [2.45, 2.75) is 13.8 Å². The molecule has 1 aromatic carbocycles. The first-order valence-corrected chi connectivity index (χ1v) is 6.43. The third-order valence-electron chi connectivity index (χ3n) is 2.16. The summed E-state index contributed by atoms with van der Waals surface area (Å²) in [5.74, 6) is 1.01. The number of halogens is 1. The predicted molar refractivity (Wildman–Crippen MR) is 70.4 cm³/mol. The third-order valence-corrected chi connectivity index (χ3v) is 4.19. The van der Waals surface area contributed by atoms with Gasteiger partial charge in [-0.1, -0.05) is 0 Å². The number of fused-ring (bicyclic) bond motifs is 1. The molecule has 0 atom stereocenters. The van der Waals surface area contributed by atoms with Gasteiger partial charge in [-0.3, -0.25) is 0 Å².